The van der Waals surface area contributed by atoms with Gasteiger partial charge in [-0.25, -0.2) is 0 Å². The Bertz CT molecular complexity index is 609. The molecule has 2 fully saturated rings. The number of nitrogens with zero attached hydrogens (tertiary/aromatic N) is 1. The second-order valence-electron chi connectivity index (χ2n) is 7.20. The lowest BCUT2D eigenvalue weighted by molar-refractivity contribution is 0.0798. The van der Waals surface area contributed by atoms with E-state index in [2.05, 4.69) is 34.6 Å². The van der Waals surface area contributed by atoms with E-state index in [1.54, 1.807) is 23.5 Å². The molecule has 2 nitrogen and oxygen atoms in total. The monoisotopic (exact) mass is 306 g/mol. The van der Waals surface area contributed by atoms with Crippen LogP contribution in [0.5, 0.6) is 0 Å². The number of hydrogen-bond donors (Lipinski definition) is 1. The number of aromatic nitrogens is 1. The van der Waals surface area contributed by atoms with Crippen molar-refractivity contribution >= 4 is 0 Å². The summed E-state index contributed by atoms with van der Waals surface area (Å²) in [6, 6.07) is 15.7. The van der Waals surface area contributed by atoms with Crippen LogP contribution in [0.1, 0.15) is 43.2 Å². The maximum Gasteiger partial charge on any atom is 0.0267 e. The molecule has 5 rings (SSSR count). The Morgan fingerprint density at radius 1 is 0.957 bits per heavy atom. The molecule has 0 radical (unpaired) electrons. The average Bonchev–Trinajstić information content (AvgIpc) is 2.64. The van der Waals surface area contributed by atoms with Crippen molar-refractivity contribution in [2.75, 3.05) is 6.54 Å². The molecular formula is C21H26N2. The third-order valence-corrected chi connectivity index (χ3v) is 6.12. The summed E-state index contributed by atoms with van der Waals surface area (Å²) in [5.74, 6) is 0.917. The fourth-order valence-corrected chi connectivity index (χ4v) is 5.20. The van der Waals surface area contributed by atoms with E-state index in [4.69, 9.17) is 0 Å². The number of nitrogens with one attached hydrogen (secondary N) is 1. The van der Waals surface area contributed by atoms with Gasteiger partial charge in [-0.1, -0.05) is 43.2 Å². The lowest BCUT2D eigenvalue weighted by atomic mass is 9.53. The Hall–Kier alpha value is -1.67. The minimum absolute atomic E-state index is 0.545. The molecule has 3 atom stereocenters. The first-order valence-electron chi connectivity index (χ1n) is 9.07. The van der Waals surface area contributed by atoms with Gasteiger partial charge in [0.05, 0.1) is 0 Å². The molecule has 2 bridgehead atoms. The molecule has 3 aliphatic rings. The fraction of sp³-hybridized carbons (Fsp3) is 0.476. The van der Waals surface area contributed by atoms with E-state index < -0.39 is 0 Å². The van der Waals surface area contributed by atoms with Crippen LogP contribution in [0.3, 0.4) is 0 Å². The topological polar surface area (TPSA) is 24.9 Å². The molecule has 2 aromatic rings. The molecule has 0 amide bonds. The zero-order chi connectivity index (χ0) is 15.5. The van der Waals surface area contributed by atoms with E-state index in [0.29, 0.717) is 5.41 Å². The highest BCUT2D eigenvalue weighted by atomic mass is 15.0. The van der Waals surface area contributed by atoms with Gasteiger partial charge in [0.1, 0.15) is 0 Å². The highest BCUT2D eigenvalue weighted by Crippen LogP contribution is 2.53. The first-order valence-corrected chi connectivity index (χ1v) is 9.07. The molecule has 1 aliphatic heterocycles. The van der Waals surface area contributed by atoms with E-state index in [-0.39, 0.29) is 0 Å². The Morgan fingerprint density at radius 2 is 1.83 bits per heavy atom. The molecule has 1 saturated carbocycles. The Morgan fingerprint density at radius 3 is 2.61 bits per heavy atom. The van der Waals surface area contributed by atoms with Crippen LogP contribution in [0.15, 0.2) is 54.9 Å². The molecule has 1 N–H and O–H groups in total. The number of piperidine rings is 1. The molecule has 1 saturated heterocycles. The largest absolute Gasteiger partial charge is 0.313 e. The van der Waals surface area contributed by atoms with E-state index in [0.717, 1.165) is 12.0 Å². The van der Waals surface area contributed by atoms with Crippen LogP contribution < -0.4 is 5.32 Å². The van der Waals surface area contributed by atoms with Crippen molar-refractivity contribution in [1.82, 2.24) is 10.3 Å². The van der Waals surface area contributed by atoms with Gasteiger partial charge in [0.15, 0.2) is 0 Å². The van der Waals surface area contributed by atoms with Crippen molar-refractivity contribution in [3.63, 3.8) is 0 Å². The molecule has 2 aliphatic carbocycles. The molecule has 120 valence electrons. The van der Waals surface area contributed by atoms with Crippen LogP contribution in [0.2, 0.25) is 0 Å². The molecule has 1 aromatic heterocycles. The van der Waals surface area contributed by atoms with Crippen LogP contribution in [0.25, 0.3) is 0 Å². The maximum atomic E-state index is 3.79. The van der Waals surface area contributed by atoms with Crippen molar-refractivity contribution in [3.8, 4) is 0 Å². The van der Waals surface area contributed by atoms with Crippen molar-refractivity contribution in [1.29, 1.82) is 0 Å². The molecular weight excluding hydrogens is 280 g/mol. The second-order valence-corrected chi connectivity index (χ2v) is 7.20. The third-order valence-electron chi connectivity index (χ3n) is 6.12. The first kappa shape index (κ1) is 14.9. The molecule has 2 heteroatoms. The number of fused-ring (bicyclic) bond motifs is 1. The first-order chi connectivity index (χ1) is 11.4. The third kappa shape index (κ3) is 2.70. The van der Waals surface area contributed by atoms with Gasteiger partial charge >= 0.3 is 0 Å². The van der Waals surface area contributed by atoms with Gasteiger partial charge in [-0.3, -0.25) is 4.98 Å². The van der Waals surface area contributed by atoms with E-state index in [1.165, 1.54) is 45.1 Å². The van der Waals surface area contributed by atoms with Crippen molar-refractivity contribution in [2.45, 2.75) is 50.0 Å². The summed E-state index contributed by atoms with van der Waals surface area (Å²) in [7, 11) is 0. The van der Waals surface area contributed by atoms with E-state index >= 15 is 0 Å². The summed E-state index contributed by atoms with van der Waals surface area (Å²) in [4.78, 5) is 3.78. The van der Waals surface area contributed by atoms with E-state index in [1.807, 2.05) is 18.2 Å². The lowest BCUT2D eigenvalue weighted by Gasteiger charge is -2.56. The van der Waals surface area contributed by atoms with Gasteiger partial charge in [-0.2, -0.15) is 0 Å². The Kier molecular flexibility index (Phi) is 4.17. The minimum atomic E-state index is 0.545. The average molecular weight is 306 g/mol. The van der Waals surface area contributed by atoms with Crippen LogP contribution in [0.4, 0.5) is 0 Å². The smallest absolute Gasteiger partial charge is 0.0267 e. The van der Waals surface area contributed by atoms with Gasteiger partial charge in [0, 0.05) is 23.9 Å². The SMILES string of the molecule is c1ccc2c(c1)C[C@H]1NCC[C@@]23CCCC[C@@H]13.c1ccncc1. The maximum absolute atomic E-state index is 3.79. The quantitative estimate of drug-likeness (QED) is 0.792. The zero-order valence-electron chi connectivity index (χ0n) is 13.7. The predicted octanol–water partition coefficient (Wildman–Crippen LogP) is 4.11. The summed E-state index contributed by atoms with van der Waals surface area (Å²) in [6.07, 6.45) is 11.9. The molecule has 0 spiro atoms. The number of hydrogen-bond acceptors (Lipinski definition) is 2. The Balaban J connectivity index is 0.000000192. The number of rotatable bonds is 0. The van der Waals surface area contributed by atoms with Crippen molar-refractivity contribution in [3.05, 3.63) is 66.0 Å². The van der Waals surface area contributed by atoms with Crippen LogP contribution in [-0.4, -0.2) is 17.6 Å². The molecule has 0 unspecified atom stereocenters. The van der Waals surface area contributed by atoms with Gasteiger partial charge in [-0.05, 0) is 61.4 Å². The summed E-state index contributed by atoms with van der Waals surface area (Å²) < 4.78 is 0. The van der Waals surface area contributed by atoms with Gasteiger partial charge < -0.3 is 5.32 Å². The number of benzene rings is 1. The summed E-state index contributed by atoms with van der Waals surface area (Å²) >= 11 is 0. The van der Waals surface area contributed by atoms with Gasteiger partial charge in [0.2, 0.25) is 0 Å². The number of pyridine rings is 1. The van der Waals surface area contributed by atoms with Crippen molar-refractivity contribution in [2.24, 2.45) is 5.92 Å². The van der Waals surface area contributed by atoms with Gasteiger partial charge in [-0.15, -0.1) is 0 Å². The lowest BCUT2D eigenvalue weighted by Crippen LogP contribution is -2.59. The Labute approximate surface area is 139 Å². The highest BCUT2D eigenvalue weighted by molar-refractivity contribution is 5.41. The summed E-state index contributed by atoms with van der Waals surface area (Å²) in [5, 5.41) is 3.79. The zero-order valence-corrected chi connectivity index (χ0v) is 13.7. The minimum Gasteiger partial charge on any atom is -0.313 e. The fourth-order valence-electron chi connectivity index (χ4n) is 5.20. The summed E-state index contributed by atoms with van der Waals surface area (Å²) in [5.41, 5.74) is 3.88. The summed E-state index contributed by atoms with van der Waals surface area (Å²) in [6.45, 7) is 1.23. The molecule has 1 aromatic carbocycles. The predicted molar refractivity (Wildman–Crippen MR) is 94.4 cm³/mol. The van der Waals surface area contributed by atoms with Crippen LogP contribution in [0, 0.1) is 5.92 Å². The van der Waals surface area contributed by atoms with Crippen LogP contribution in [-0.2, 0) is 11.8 Å². The molecule has 2 heterocycles. The second kappa shape index (κ2) is 6.45. The van der Waals surface area contributed by atoms with E-state index in [9.17, 15) is 0 Å². The van der Waals surface area contributed by atoms with Gasteiger partial charge in [0.25, 0.3) is 0 Å². The molecule has 23 heavy (non-hydrogen) atoms. The van der Waals surface area contributed by atoms with Crippen molar-refractivity contribution < 1.29 is 0 Å². The normalized spacial score (nSPS) is 31.1. The highest BCUT2D eigenvalue weighted by Gasteiger charge is 2.51. The standard InChI is InChI=1S/C16H21N.C5H5N/c1-2-6-13-12(5-1)11-15-14-7-3-4-8-16(13,14)9-10-17-15;1-2-4-6-5-3-1/h1-2,5-6,14-15,17H,3-4,7-11H2;1-5H/t14-,15+,16-;/m0./s1. The van der Waals surface area contributed by atoms with Crippen LogP contribution >= 0.6 is 0 Å².